The zero-order chi connectivity index (χ0) is 22.9. The average molecular weight is 442 g/mol. The van der Waals surface area contributed by atoms with Gasteiger partial charge in [0.25, 0.3) is 5.56 Å². The first-order chi connectivity index (χ1) is 15.2. The van der Waals surface area contributed by atoms with Gasteiger partial charge < -0.3 is 5.73 Å². The van der Waals surface area contributed by atoms with Crippen LogP contribution in [0.3, 0.4) is 0 Å². The van der Waals surface area contributed by atoms with Gasteiger partial charge in [-0.25, -0.2) is 4.98 Å². The monoisotopic (exact) mass is 442 g/mol. The van der Waals surface area contributed by atoms with Gasteiger partial charge in [0.1, 0.15) is 12.4 Å². The van der Waals surface area contributed by atoms with Crippen LogP contribution in [0.2, 0.25) is 0 Å². The second-order valence-electron chi connectivity index (χ2n) is 7.74. The standard InChI is InChI=1S/C23H21F3N4O2/c24-23(25,26)17-8-6-16(7-9-17)21-28-19-13-29(12-15-4-2-1-3-5-15)11-10-18(19)22(32)30(21)14-20(27)31/h1-9H,10-14H2,(H2,27,31). The van der Waals surface area contributed by atoms with Crippen molar-refractivity contribution in [1.82, 2.24) is 14.5 Å². The van der Waals surface area contributed by atoms with Crippen LogP contribution in [0.15, 0.2) is 59.4 Å². The first-order valence-corrected chi connectivity index (χ1v) is 10.1. The van der Waals surface area contributed by atoms with Crippen molar-refractivity contribution in [2.45, 2.75) is 32.2 Å². The van der Waals surface area contributed by atoms with Crippen molar-refractivity contribution in [3.8, 4) is 11.4 Å². The molecule has 166 valence electrons. The maximum atomic E-state index is 13.2. The van der Waals surface area contributed by atoms with Crippen molar-refractivity contribution in [3.63, 3.8) is 0 Å². The molecule has 0 fully saturated rings. The van der Waals surface area contributed by atoms with E-state index in [1.165, 1.54) is 12.1 Å². The summed E-state index contributed by atoms with van der Waals surface area (Å²) in [4.78, 5) is 31.5. The van der Waals surface area contributed by atoms with Gasteiger partial charge in [0.05, 0.1) is 11.3 Å². The molecule has 1 aliphatic rings. The molecule has 2 heterocycles. The highest BCUT2D eigenvalue weighted by Gasteiger charge is 2.30. The number of benzene rings is 2. The SMILES string of the molecule is NC(=O)Cn1c(-c2ccc(C(F)(F)F)cc2)nc2c(c1=O)CCN(Cc1ccccc1)C2. The van der Waals surface area contributed by atoms with Gasteiger partial charge in [-0.3, -0.25) is 19.1 Å². The molecular formula is C23H21F3N4O2. The predicted molar refractivity (Wildman–Crippen MR) is 112 cm³/mol. The Kier molecular flexibility index (Phi) is 5.84. The molecule has 3 aromatic rings. The third-order valence-corrected chi connectivity index (χ3v) is 5.43. The Morgan fingerprint density at radius 3 is 2.38 bits per heavy atom. The summed E-state index contributed by atoms with van der Waals surface area (Å²) in [6, 6.07) is 14.2. The third-order valence-electron chi connectivity index (χ3n) is 5.43. The molecule has 0 bridgehead atoms. The minimum absolute atomic E-state index is 0.128. The summed E-state index contributed by atoms with van der Waals surface area (Å²) in [7, 11) is 0. The first kappa shape index (κ1) is 21.8. The molecule has 2 aromatic carbocycles. The van der Waals surface area contributed by atoms with Gasteiger partial charge >= 0.3 is 6.18 Å². The summed E-state index contributed by atoms with van der Waals surface area (Å²) >= 11 is 0. The number of aromatic nitrogens is 2. The Morgan fingerprint density at radius 1 is 1.06 bits per heavy atom. The van der Waals surface area contributed by atoms with E-state index in [2.05, 4.69) is 9.88 Å². The number of carbonyl (C=O) groups excluding carboxylic acids is 1. The van der Waals surface area contributed by atoms with Crippen LogP contribution in [0, 0.1) is 0 Å². The number of fused-ring (bicyclic) bond motifs is 1. The lowest BCUT2D eigenvalue weighted by Gasteiger charge is -2.29. The summed E-state index contributed by atoms with van der Waals surface area (Å²) in [6.45, 7) is 1.35. The van der Waals surface area contributed by atoms with E-state index in [4.69, 9.17) is 5.73 Å². The van der Waals surface area contributed by atoms with Crippen LogP contribution < -0.4 is 11.3 Å². The van der Waals surface area contributed by atoms with E-state index in [9.17, 15) is 22.8 Å². The van der Waals surface area contributed by atoms with Gasteiger partial charge in [0, 0.05) is 30.8 Å². The van der Waals surface area contributed by atoms with E-state index in [1.807, 2.05) is 30.3 Å². The van der Waals surface area contributed by atoms with Gasteiger partial charge in [-0.1, -0.05) is 42.5 Å². The fourth-order valence-corrected chi connectivity index (χ4v) is 3.89. The molecule has 4 rings (SSSR count). The summed E-state index contributed by atoms with van der Waals surface area (Å²) in [6.07, 6.45) is -4.02. The Morgan fingerprint density at radius 2 is 1.75 bits per heavy atom. The first-order valence-electron chi connectivity index (χ1n) is 10.1. The average Bonchev–Trinajstić information content (AvgIpc) is 2.75. The van der Waals surface area contributed by atoms with Crippen molar-refractivity contribution in [2.75, 3.05) is 6.54 Å². The summed E-state index contributed by atoms with van der Waals surface area (Å²) in [5, 5.41) is 0. The summed E-state index contributed by atoms with van der Waals surface area (Å²) < 4.78 is 40.0. The van der Waals surface area contributed by atoms with Crippen molar-refractivity contribution in [2.24, 2.45) is 5.73 Å². The topological polar surface area (TPSA) is 81.2 Å². The molecular weight excluding hydrogens is 421 g/mol. The number of amides is 1. The molecule has 1 aliphatic heterocycles. The molecule has 9 heteroatoms. The van der Waals surface area contributed by atoms with Crippen LogP contribution in [0.5, 0.6) is 0 Å². The van der Waals surface area contributed by atoms with E-state index in [1.54, 1.807) is 0 Å². The van der Waals surface area contributed by atoms with E-state index in [0.29, 0.717) is 42.9 Å². The van der Waals surface area contributed by atoms with E-state index >= 15 is 0 Å². The lowest BCUT2D eigenvalue weighted by molar-refractivity contribution is -0.137. The van der Waals surface area contributed by atoms with Gasteiger partial charge in [-0.15, -0.1) is 0 Å². The van der Waals surface area contributed by atoms with E-state index < -0.39 is 24.2 Å². The number of hydrogen-bond donors (Lipinski definition) is 1. The van der Waals surface area contributed by atoms with Crippen LogP contribution in [0.25, 0.3) is 11.4 Å². The lowest BCUT2D eigenvalue weighted by atomic mass is 10.0. The maximum Gasteiger partial charge on any atom is 0.416 e. The van der Waals surface area contributed by atoms with Crippen LogP contribution in [-0.4, -0.2) is 26.9 Å². The Hall–Kier alpha value is -3.46. The van der Waals surface area contributed by atoms with Crippen molar-refractivity contribution >= 4 is 5.91 Å². The number of carbonyl (C=O) groups is 1. The molecule has 0 aliphatic carbocycles. The molecule has 0 saturated heterocycles. The number of alkyl halides is 3. The molecule has 1 amide bonds. The number of nitrogens with zero attached hydrogens (tertiary/aromatic N) is 3. The van der Waals surface area contributed by atoms with Gasteiger partial charge in [0.2, 0.25) is 5.91 Å². The van der Waals surface area contributed by atoms with Crippen LogP contribution in [0.4, 0.5) is 13.2 Å². The molecule has 1 aromatic heterocycles. The molecule has 0 saturated carbocycles. The minimum Gasteiger partial charge on any atom is -0.368 e. The highest BCUT2D eigenvalue weighted by atomic mass is 19.4. The van der Waals surface area contributed by atoms with Crippen LogP contribution >= 0.6 is 0 Å². The van der Waals surface area contributed by atoms with Crippen LogP contribution in [-0.2, 0) is 37.0 Å². The largest absolute Gasteiger partial charge is 0.416 e. The summed E-state index contributed by atoms with van der Waals surface area (Å²) in [5.74, 6) is -0.605. The molecule has 0 unspecified atom stereocenters. The Labute approximate surface area is 182 Å². The second kappa shape index (κ2) is 8.58. The highest BCUT2D eigenvalue weighted by Crippen LogP contribution is 2.31. The van der Waals surface area contributed by atoms with Crippen molar-refractivity contribution in [1.29, 1.82) is 0 Å². The second-order valence-corrected chi connectivity index (χ2v) is 7.74. The Bertz CT molecular complexity index is 1190. The van der Waals surface area contributed by atoms with Gasteiger partial charge in [-0.2, -0.15) is 13.2 Å². The molecule has 2 N–H and O–H groups in total. The minimum atomic E-state index is -4.48. The van der Waals surface area contributed by atoms with E-state index in [-0.39, 0.29) is 11.4 Å². The smallest absolute Gasteiger partial charge is 0.368 e. The maximum absolute atomic E-state index is 13.2. The molecule has 0 radical (unpaired) electrons. The van der Waals surface area contributed by atoms with Crippen molar-refractivity contribution in [3.05, 3.63) is 87.3 Å². The predicted octanol–water partition coefficient (Wildman–Crippen LogP) is 2.97. The molecule has 0 spiro atoms. The van der Waals surface area contributed by atoms with Crippen molar-refractivity contribution < 1.29 is 18.0 Å². The zero-order valence-corrected chi connectivity index (χ0v) is 17.1. The number of nitrogens with two attached hydrogens (primary N) is 1. The normalized spacial score (nSPS) is 14.2. The molecule has 32 heavy (non-hydrogen) atoms. The number of rotatable bonds is 5. The fraction of sp³-hybridized carbons (Fsp3) is 0.261. The third kappa shape index (κ3) is 4.57. The highest BCUT2D eigenvalue weighted by molar-refractivity contribution is 5.74. The summed E-state index contributed by atoms with van der Waals surface area (Å²) in [5.41, 5.74) is 6.63. The lowest BCUT2D eigenvalue weighted by Crippen LogP contribution is -2.39. The molecule has 6 nitrogen and oxygen atoms in total. The molecule has 0 atom stereocenters. The van der Waals surface area contributed by atoms with Gasteiger partial charge in [-0.05, 0) is 24.1 Å². The number of hydrogen-bond acceptors (Lipinski definition) is 4. The van der Waals surface area contributed by atoms with Gasteiger partial charge in [0.15, 0.2) is 0 Å². The number of primary amides is 1. The zero-order valence-electron chi connectivity index (χ0n) is 17.1. The quantitative estimate of drug-likeness (QED) is 0.659. The number of halogens is 3. The van der Waals surface area contributed by atoms with E-state index in [0.717, 1.165) is 22.3 Å². The fourth-order valence-electron chi connectivity index (χ4n) is 3.89. The Balaban J connectivity index is 1.73. The van der Waals surface area contributed by atoms with Crippen LogP contribution in [0.1, 0.15) is 22.4 Å².